The Morgan fingerprint density at radius 3 is 2.27 bits per heavy atom. The highest BCUT2D eigenvalue weighted by Crippen LogP contribution is 2.29. The van der Waals surface area contributed by atoms with Crippen LogP contribution >= 0.6 is 0 Å². The van der Waals surface area contributed by atoms with E-state index < -0.39 is 6.10 Å². The van der Waals surface area contributed by atoms with Gasteiger partial charge in [0.05, 0.1) is 6.61 Å². The highest BCUT2D eigenvalue weighted by Gasteiger charge is 2.12. The van der Waals surface area contributed by atoms with Crippen LogP contribution in [0.1, 0.15) is 5.56 Å². The Kier molecular flexibility index (Phi) is 7.93. The minimum absolute atomic E-state index is 0.0273. The van der Waals surface area contributed by atoms with Gasteiger partial charge in [0, 0.05) is 18.0 Å². The van der Waals surface area contributed by atoms with Crippen molar-refractivity contribution in [2.45, 2.75) is 18.6 Å². The summed E-state index contributed by atoms with van der Waals surface area (Å²) < 4.78 is 11.7. The number of hydrogen-bond donors (Lipinski definition) is 3. The topological polar surface area (TPSA) is 71.0 Å². The van der Waals surface area contributed by atoms with Crippen LogP contribution in [0.2, 0.25) is 0 Å². The van der Waals surface area contributed by atoms with Gasteiger partial charge in [-0.2, -0.15) is 0 Å². The molecule has 4 aromatic carbocycles. The number of aliphatic hydroxyl groups excluding tert-OH is 2. The van der Waals surface area contributed by atoms with Crippen molar-refractivity contribution in [3.05, 3.63) is 103 Å². The van der Waals surface area contributed by atoms with Crippen molar-refractivity contribution >= 4 is 10.8 Å². The number of nitrogens with one attached hydrogen (secondary N) is 1. The number of fused-ring (bicyclic) bond motifs is 1. The van der Waals surface area contributed by atoms with Gasteiger partial charge in [0.25, 0.3) is 0 Å². The van der Waals surface area contributed by atoms with Gasteiger partial charge in [0.2, 0.25) is 0 Å². The molecule has 0 amide bonds. The van der Waals surface area contributed by atoms with E-state index >= 15 is 0 Å². The molecule has 0 unspecified atom stereocenters. The second kappa shape index (κ2) is 11.5. The van der Waals surface area contributed by atoms with Gasteiger partial charge in [-0.25, -0.2) is 0 Å². The summed E-state index contributed by atoms with van der Waals surface area (Å²) in [5.41, 5.74) is 1.07. The minimum Gasteiger partial charge on any atom is -0.491 e. The van der Waals surface area contributed by atoms with Crippen molar-refractivity contribution in [3.8, 4) is 17.2 Å². The molecule has 3 N–H and O–H groups in total. The summed E-state index contributed by atoms with van der Waals surface area (Å²) >= 11 is 0. The number of benzene rings is 4. The average molecular weight is 444 g/mol. The van der Waals surface area contributed by atoms with Gasteiger partial charge in [0.15, 0.2) is 0 Å². The second-order valence-electron chi connectivity index (χ2n) is 7.99. The standard InChI is InChI=1S/C28H29NO4/c30-19-23(29-18-24(31)20-32-25-9-2-1-3-10-25)17-21-13-15-26(16-14-21)33-28-12-6-8-22-7-4-5-11-27(22)28/h1-16,23-24,29-31H,17-20H2/t23-,24-/m0/s1. The Morgan fingerprint density at radius 1 is 0.758 bits per heavy atom. The molecular weight excluding hydrogens is 414 g/mol. The van der Waals surface area contributed by atoms with Gasteiger partial charge < -0.3 is 25.0 Å². The Hall–Kier alpha value is -3.38. The zero-order chi connectivity index (χ0) is 22.9. The van der Waals surface area contributed by atoms with E-state index in [-0.39, 0.29) is 19.3 Å². The molecule has 2 atom stereocenters. The van der Waals surface area contributed by atoms with Gasteiger partial charge in [-0.05, 0) is 47.7 Å². The van der Waals surface area contributed by atoms with E-state index in [1.165, 1.54) is 0 Å². The van der Waals surface area contributed by atoms with Crippen LogP contribution in [0.5, 0.6) is 17.2 Å². The lowest BCUT2D eigenvalue weighted by Crippen LogP contribution is -2.41. The average Bonchev–Trinajstić information content (AvgIpc) is 2.87. The smallest absolute Gasteiger partial charge is 0.135 e. The van der Waals surface area contributed by atoms with E-state index in [9.17, 15) is 10.2 Å². The van der Waals surface area contributed by atoms with E-state index in [1.54, 1.807) is 0 Å². The first-order chi connectivity index (χ1) is 16.2. The molecule has 4 rings (SSSR count). The van der Waals surface area contributed by atoms with Crippen molar-refractivity contribution in [2.24, 2.45) is 0 Å². The first kappa shape index (κ1) is 22.8. The Morgan fingerprint density at radius 2 is 1.48 bits per heavy atom. The third-order valence-electron chi connectivity index (χ3n) is 5.43. The quantitative estimate of drug-likeness (QED) is 0.317. The summed E-state index contributed by atoms with van der Waals surface area (Å²) in [6.07, 6.45) is -0.0344. The molecule has 0 bridgehead atoms. The van der Waals surface area contributed by atoms with Crippen molar-refractivity contribution < 1.29 is 19.7 Å². The number of rotatable bonds is 11. The highest BCUT2D eigenvalue weighted by molar-refractivity contribution is 5.88. The molecule has 0 aromatic heterocycles. The first-order valence-corrected chi connectivity index (χ1v) is 11.2. The fraction of sp³-hybridized carbons (Fsp3) is 0.214. The third kappa shape index (κ3) is 6.56. The van der Waals surface area contributed by atoms with Crippen LogP contribution in [-0.2, 0) is 6.42 Å². The number of aliphatic hydroxyl groups is 2. The number of para-hydroxylation sites is 1. The molecule has 5 nitrogen and oxygen atoms in total. The molecule has 0 aliphatic rings. The molecule has 33 heavy (non-hydrogen) atoms. The molecule has 0 saturated heterocycles. The molecular formula is C28H29NO4. The summed E-state index contributed by atoms with van der Waals surface area (Å²) in [5, 5.41) is 25.4. The van der Waals surface area contributed by atoms with E-state index in [2.05, 4.69) is 23.5 Å². The fourth-order valence-corrected chi connectivity index (χ4v) is 3.66. The molecule has 0 aliphatic carbocycles. The minimum atomic E-state index is -0.671. The van der Waals surface area contributed by atoms with Crippen LogP contribution < -0.4 is 14.8 Å². The maximum absolute atomic E-state index is 10.2. The zero-order valence-corrected chi connectivity index (χ0v) is 18.4. The van der Waals surface area contributed by atoms with Gasteiger partial charge in [-0.1, -0.05) is 66.7 Å². The lowest BCUT2D eigenvalue weighted by atomic mass is 10.1. The highest BCUT2D eigenvalue weighted by atomic mass is 16.5. The fourth-order valence-electron chi connectivity index (χ4n) is 3.66. The van der Waals surface area contributed by atoms with Crippen LogP contribution in [0.3, 0.4) is 0 Å². The van der Waals surface area contributed by atoms with Crippen LogP contribution in [0.15, 0.2) is 97.1 Å². The summed E-state index contributed by atoms with van der Waals surface area (Å²) in [7, 11) is 0. The molecule has 5 heteroatoms. The number of hydrogen-bond acceptors (Lipinski definition) is 5. The molecule has 0 aliphatic heterocycles. The van der Waals surface area contributed by atoms with E-state index in [1.807, 2.05) is 78.9 Å². The summed E-state index contributed by atoms with van der Waals surface area (Å²) in [6, 6.07) is 31.3. The third-order valence-corrected chi connectivity index (χ3v) is 5.43. The maximum Gasteiger partial charge on any atom is 0.135 e. The lowest BCUT2D eigenvalue weighted by Gasteiger charge is -2.19. The second-order valence-corrected chi connectivity index (χ2v) is 7.99. The van der Waals surface area contributed by atoms with Crippen molar-refractivity contribution in [2.75, 3.05) is 19.8 Å². The molecule has 170 valence electrons. The van der Waals surface area contributed by atoms with Crippen LogP contribution in [0.4, 0.5) is 0 Å². The molecule has 0 saturated carbocycles. The Labute approximate surface area is 194 Å². The summed E-state index contributed by atoms with van der Waals surface area (Å²) in [4.78, 5) is 0. The van der Waals surface area contributed by atoms with Gasteiger partial charge in [-0.3, -0.25) is 0 Å². The van der Waals surface area contributed by atoms with Crippen LogP contribution in [-0.4, -0.2) is 42.1 Å². The Bertz CT molecular complexity index is 1130. The molecule has 0 radical (unpaired) electrons. The Balaban J connectivity index is 1.28. The van der Waals surface area contributed by atoms with Crippen molar-refractivity contribution in [3.63, 3.8) is 0 Å². The van der Waals surface area contributed by atoms with Crippen LogP contribution in [0, 0.1) is 0 Å². The SMILES string of the molecule is OC[C@H](Cc1ccc(Oc2cccc3ccccc23)cc1)NC[C@H](O)COc1ccccc1. The molecule has 4 aromatic rings. The predicted molar refractivity (Wildman–Crippen MR) is 131 cm³/mol. The zero-order valence-electron chi connectivity index (χ0n) is 18.4. The van der Waals surface area contributed by atoms with Crippen molar-refractivity contribution in [1.29, 1.82) is 0 Å². The van der Waals surface area contributed by atoms with E-state index in [0.717, 1.165) is 33.6 Å². The lowest BCUT2D eigenvalue weighted by molar-refractivity contribution is 0.0997. The van der Waals surface area contributed by atoms with Crippen LogP contribution in [0.25, 0.3) is 10.8 Å². The van der Waals surface area contributed by atoms with Gasteiger partial charge >= 0.3 is 0 Å². The maximum atomic E-state index is 10.2. The largest absolute Gasteiger partial charge is 0.491 e. The van der Waals surface area contributed by atoms with Gasteiger partial charge in [0.1, 0.15) is 30.0 Å². The molecule has 0 spiro atoms. The number of ether oxygens (including phenoxy) is 2. The monoisotopic (exact) mass is 443 g/mol. The first-order valence-electron chi connectivity index (χ1n) is 11.2. The van der Waals surface area contributed by atoms with E-state index in [0.29, 0.717) is 13.0 Å². The molecule has 0 fully saturated rings. The van der Waals surface area contributed by atoms with Crippen molar-refractivity contribution in [1.82, 2.24) is 5.32 Å². The summed E-state index contributed by atoms with van der Waals surface area (Å²) in [6.45, 7) is 0.496. The van der Waals surface area contributed by atoms with E-state index in [4.69, 9.17) is 9.47 Å². The molecule has 0 heterocycles. The normalized spacial score (nSPS) is 12.9. The summed E-state index contributed by atoms with van der Waals surface area (Å²) in [5.74, 6) is 2.31. The predicted octanol–water partition coefficient (Wildman–Crippen LogP) is 4.57. The van der Waals surface area contributed by atoms with Gasteiger partial charge in [-0.15, -0.1) is 0 Å².